The van der Waals surface area contributed by atoms with Gasteiger partial charge < -0.3 is 24.4 Å². The van der Waals surface area contributed by atoms with Crippen LogP contribution in [0.15, 0.2) is 52.3 Å². The molecule has 1 saturated carbocycles. The fourth-order valence-electron chi connectivity index (χ4n) is 4.55. The number of aromatic nitrogens is 2. The van der Waals surface area contributed by atoms with Crippen LogP contribution in [-0.2, 0) is 14.2 Å². The standard InChI is InChI=1S/C17H24N10O7/c1-10-7-26(15(31)27(13(10)30)25-24-23-22-21-20-19-18)14-11-12(16(8-28,9-29)34-14)33-17(32-11)5-3-2-4-6-17/h7,11-12,14,18,28-29H,2-6,8-9H2,1H3/t11-,12?,14+/m0/s1. The zero-order chi connectivity index (χ0) is 24.3. The summed E-state index contributed by atoms with van der Waals surface area (Å²) >= 11 is 0. The Morgan fingerprint density at radius 3 is 2.38 bits per heavy atom. The van der Waals surface area contributed by atoms with Crippen molar-refractivity contribution in [1.29, 1.82) is 5.53 Å². The number of aliphatic hydroxyl groups excluding tert-OH is 2. The highest BCUT2D eigenvalue weighted by Crippen LogP contribution is 2.51. The first-order chi connectivity index (χ1) is 16.4. The minimum atomic E-state index is -1.52. The van der Waals surface area contributed by atoms with Crippen LogP contribution in [0.3, 0.4) is 0 Å². The number of nitrogens with zero attached hydrogens (tertiary/aromatic N) is 9. The predicted molar refractivity (Wildman–Crippen MR) is 107 cm³/mol. The van der Waals surface area contributed by atoms with Gasteiger partial charge in [0.2, 0.25) is 0 Å². The summed E-state index contributed by atoms with van der Waals surface area (Å²) < 4.78 is 20.0. The zero-order valence-electron chi connectivity index (χ0n) is 18.2. The first-order valence-electron chi connectivity index (χ1n) is 10.6. The van der Waals surface area contributed by atoms with Gasteiger partial charge in [-0.05, 0) is 56.3 Å². The first kappa shape index (κ1) is 24.0. The van der Waals surface area contributed by atoms with Crippen molar-refractivity contribution in [2.24, 2.45) is 36.6 Å². The maximum atomic E-state index is 13.2. The van der Waals surface area contributed by atoms with Gasteiger partial charge in [0, 0.05) is 24.6 Å². The average Bonchev–Trinajstić information content (AvgIpc) is 3.34. The molecule has 3 fully saturated rings. The highest BCUT2D eigenvalue weighted by atomic mass is 16.8. The van der Waals surface area contributed by atoms with Gasteiger partial charge in [-0.25, -0.2) is 4.79 Å². The number of hydrogen-bond donors (Lipinski definition) is 3. The topological polar surface area (TPSA) is 223 Å². The van der Waals surface area contributed by atoms with E-state index >= 15 is 0 Å². The third-order valence-corrected chi connectivity index (χ3v) is 6.17. The SMILES string of the molecule is Cc1cn([C@@H]2OC(CO)(CO)C3OC4(CCCCC4)O[C@@H]32)c(=O)n(N=NN=NN=NN=N)c1=O. The van der Waals surface area contributed by atoms with Crippen LogP contribution in [-0.4, -0.2) is 56.3 Å². The van der Waals surface area contributed by atoms with Gasteiger partial charge in [0.25, 0.3) is 5.56 Å². The molecule has 1 aromatic heterocycles. The number of aryl methyl sites for hydroxylation is 1. The van der Waals surface area contributed by atoms with Gasteiger partial charge in [-0.1, -0.05) is 6.42 Å². The molecule has 1 aliphatic carbocycles. The predicted octanol–water partition coefficient (Wildman–Crippen LogP) is 0.911. The molecule has 184 valence electrons. The molecule has 0 amide bonds. The second kappa shape index (κ2) is 9.63. The van der Waals surface area contributed by atoms with E-state index in [9.17, 15) is 19.8 Å². The summed E-state index contributed by atoms with van der Waals surface area (Å²) in [5.74, 6) is -0.891. The second-order valence-electron chi connectivity index (χ2n) is 8.24. The molecule has 1 unspecified atom stereocenters. The Balaban J connectivity index is 1.72. The van der Waals surface area contributed by atoms with Crippen molar-refractivity contribution in [1.82, 2.24) is 9.24 Å². The summed E-state index contributed by atoms with van der Waals surface area (Å²) in [7, 11) is 0. The number of rotatable bonds is 7. The summed E-state index contributed by atoms with van der Waals surface area (Å²) in [4.78, 5) is 25.7. The van der Waals surface area contributed by atoms with Crippen molar-refractivity contribution in [3.8, 4) is 0 Å². The van der Waals surface area contributed by atoms with E-state index in [-0.39, 0.29) is 5.56 Å². The van der Waals surface area contributed by atoms with Gasteiger partial charge in [-0.3, -0.25) is 9.36 Å². The Morgan fingerprint density at radius 1 is 1.03 bits per heavy atom. The Hall–Kier alpha value is -3.12. The van der Waals surface area contributed by atoms with Crippen LogP contribution >= 0.6 is 0 Å². The number of hydrogen-bond acceptors (Lipinski definition) is 9. The van der Waals surface area contributed by atoms with Crippen LogP contribution in [0.4, 0.5) is 0 Å². The Kier molecular flexibility index (Phi) is 6.80. The van der Waals surface area contributed by atoms with E-state index < -0.39 is 54.3 Å². The lowest BCUT2D eigenvalue weighted by molar-refractivity contribution is -0.258. The van der Waals surface area contributed by atoms with Crippen molar-refractivity contribution in [2.45, 2.75) is 68.9 Å². The van der Waals surface area contributed by atoms with E-state index in [1.807, 2.05) is 0 Å². The van der Waals surface area contributed by atoms with Crippen LogP contribution in [0.5, 0.6) is 0 Å². The Morgan fingerprint density at radius 2 is 1.71 bits per heavy atom. The molecule has 3 N–H and O–H groups in total. The number of aliphatic hydroxyl groups is 2. The summed E-state index contributed by atoms with van der Waals surface area (Å²) in [5.41, 5.74) is 3.34. The molecule has 3 atom stereocenters. The lowest BCUT2D eigenvalue weighted by Crippen LogP contribution is -2.50. The monoisotopic (exact) mass is 480 g/mol. The van der Waals surface area contributed by atoms with E-state index in [1.165, 1.54) is 13.1 Å². The van der Waals surface area contributed by atoms with Crippen LogP contribution < -0.4 is 11.2 Å². The van der Waals surface area contributed by atoms with E-state index in [4.69, 9.17) is 19.7 Å². The minimum absolute atomic E-state index is 0.125. The minimum Gasteiger partial charge on any atom is -0.393 e. The van der Waals surface area contributed by atoms with Crippen LogP contribution in [0.1, 0.15) is 43.9 Å². The van der Waals surface area contributed by atoms with Gasteiger partial charge in [-0.2, -0.15) is 5.53 Å². The highest BCUT2D eigenvalue weighted by molar-refractivity contribution is 5.10. The second-order valence-corrected chi connectivity index (χ2v) is 8.24. The third kappa shape index (κ3) is 4.11. The van der Waals surface area contributed by atoms with Crippen molar-refractivity contribution in [3.05, 3.63) is 32.6 Å². The van der Waals surface area contributed by atoms with Crippen molar-refractivity contribution in [3.63, 3.8) is 0 Å². The van der Waals surface area contributed by atoms with Gasteiger partial charge in [0.15, 0.2) is 12.0 Å². The maximum Gasteiger partial charge on any atom is 0.355 e. The number of ether oxygens (including phenoxy) is 3. The highest BCUT2D eigenvalue weighted by Gasteiger charge is 2.65. The molecule has 3 heterocycles. The molecule has 3 aliphatic rings. The molecule has 34 heavy (non-hydrogen) atoms. The van der Waals surface area contributed by atoms with Crippen molar-refractivity contribution in [2.75, 3.05) is 13.2 Å². The molecule has 2 saturated heterocycles. The van der Waals surface area contributed by atoms with Crippen LogP contribution in [0.25, 0.3) is 0 Å². The molecule has 4 rings (SSSR count). The molecule has 2 aliphatic heterocycles. The van der Waals surface area contributed by atoms with Crippen LogP contribution in [0.2, 0.25) is 0 Å². The maximum absolute atomic E-state index is 13.2. The van der Waals surface area contributed by atoms with Crippen molar-refractivity contribution < 1.29 is 24.4 Å². The third-order valence-electron chi connectivity index (χ3n) is 6.17. The lowest BCUT2D eigenvalue weighted by atomic mass is 9.94. The van der Waals surface area contributed by atoms with Gasteiger partial charge in [0.05, 0.1) is 13.2 Å². The quantitative estimate of drug-likeness (QED) is 0.377. The molecular weight excluding hydrogens is 456 g/mol. The van der Waals surface area contributed by atoms with Crippen molar-refractivity contribution >= 4 is 0 Å². The summed E-state index contributed by atoms with van der Waals surface area (Å²) in [5, 5.41) is 41.5. The molecule has 17 heteroatoms. The van der Waals surface area contributed by atoms with Gasteiger partial charge >= 0.3 is 5.69 Å². The first-order valence-corrected chi connectivity index (χ1v) is 10.6. The molecular formula is C17H24N10O7. The normalized spacial score (nSPS) is 27.9. The summed E-state index contributed by atoms with van der Waals surface area (Å²) in [6.07, 6.45) is 2.56. The van der Waals surface area contributed by atoms with Gasteiger partial charge in [-0.15, -0.1) is 4.68 Å². The zero-order valence-corrected chi connectivity index (χ0v) is 18.2. The van der Waals surface area contributed by atoms with E-state index in [0.29, 0.717) is 17.5 Å². The summed E-state index contributed by atoms with van der Waals surface area (Å²) in [6, 6.07) is 0. The Labute approximate surface area is 191 Å². The molecule has 0 aromatic carbocycles. The van der Waals surface area contributed by atoms with Gasteiger partial charge in [0.1, 0.15) is 17.8 Å². The van der Waals surface area contributed by atoms with E-state index in [1.54, 1.807) is 0 Å². The van der Waals surface area contributed by atoms with Crippen LogP contribution in [0, 0.1) is 12.5 Å². The lowest BCUT2D eigenvalue weighted by Gasteiger charge is -2.36. The van der Waals surface area contributed by atoms with E-state index in [0.717, 1.165) is 23.8 Å². The fourth-order valence-corrected chi connectivity index (χ4v) is 4.55. The molecule has 17 nitrogen and oxygen atoms in total. The molecule has 0 radical (unpaired) electrons. The summed E-state index contributed by atoms with van der Waals surface area (Å²) in [6.45, 7) is 0.308. The largest absolute Gasteiger partial charge is 0.393 e. The average molecular weight is 480 g/mol. The smallest absolute Gasteiger partial charge is 0.355 e. The molecule has 0 bridgehead atoms. The Bertz CT molecular complexity index is 1120. The molecule has 1 aromatic rings. The fraction of sp³-hybridized carbons (Fsp3) is 0.765. The van der Waals surface area contributed by atoms with E-state index in [2.05, 4.69) is 36.6 Å². The molecule has 1 spiro atoms. The number of fused-ring (bicyclic) bond motifs is 1. The number of nitrogens with one attached hydrogen (secondary N) is 1.